The highest BCUT2D eigenvalue weighted by Gasteiger charge is 2.18. The molecular formula is C18H30N2O. The van der Waals surface area contributed by atoms with E-state index >= 15 is 0 Å². The van der Waals surface area contributed by atoms with Crippen LogP contribution in [0, 0.1) is 0 Å². The molecule has 0 bridgehead atoms. The third-order valence-electron chi connectivity index (χ3n) is 4.28. The number of rotatable bonds is 5. The second-order valence-corrected chi connectivity index (χ2v) is 7.06. The van der Waals surface area contributed by atoms with Crippen molar-refractivity contribution in [3.05, 3.63) is 35.4 Å². The second-order valence-electron chi connectivity index (χ2n) is 7.06. The van der Waals surface area contributed by atoms with Gasteiger partial charge in [-0.1, -0.05) is 45.0 Å². The molecule has 0 atom stereocenters. The Balaban J connectivity index is 1.86. The van der Waals surface area contributed by atoms with Gasteiger partial charge in [-0.05, 0) is 16.5 Å². The van der Waals surface area contributed by atoms with Crippen molar-refractivity contribution < 1.29 is 4.74 Å². The highest BCUT2D eigenvalue weighted by molar-refractivity contribution is 5.28. The maximum atomic E-state index is 5.16. The van der Waals surface area contributed by atoms with Crippen LogP contribution in [0.2, 0.25) is 0 Å². The van der Waals surface area contributed by atoms with Crippen LogP contribution in [0.4, 0.5) is 0 Å². The summed E-state index contributed by atoms with van der Waals surface area (Å²) < 4.78 is 5.16. The molecule has 0 aromatic heterocycles. The van der Waals surface area contributed by atoms with Crippen LogP contribution in [-0.4, -0.2) is 56.2 Å². The fourth-order valence-corrected chi connectivity index (χ4v) is 2.79. The number of ether oxygens (including phenoxy) is 1. The average Bonchev–Trinajstić information content (AvgIpc) is 2.46. The van der Waals surface area contributed by atoms with Crippen LogP contribution in [0.1, 0.15) is 31.9 Å². The predicted octanol–water partition coefficient (Wildman–Crippen LogP) is 2.75. The van der Waals surface area contributed by atoms with E-state index in [1.165, 1.54) is 11.1 Å². The zero-order valence-electron chi connectivity index (χ0n) is 14.1. The summed E-state index contributed by atoms with van der Waals surface area (Å²) in [6.45, 7) is 14.4. The van der Waals surface area contributed by atoms with E-state index in [-0.39, 0.29) is 5.41 Å². The van der Waals surface area contributed by atoms with Gasteiger partial charge in [0.15, 0.2) is 0 Å². The van der Waals surface area contributed by atoms with Gasteiger partial charge < -0.3 is 4.74 Å². The summed E-state index contributed by atoms with van der Waals surface area (Å²) in [5, 5.41) is 0. The van der Waals surface area contributed by atoms with Gasteiger partial charge in [0, 0.05) is 46.4 Å². The maximum absolute atomic E-state index is 5.16. The predicted molar refractivity (Wildman–Crippen MR) is 88.7 cm³/mol. The van der Waals surface area contributed by atoms with E-state index in [9.17, 15) is 0 Å². The molecule has 0 spiro atoms. The molecule has 21 heavy (non-hydrogen) atoms. The molecule has 0 unspecified atom stereocenters. The van der Waals surface area contributed by atoms with Crippen molar-refractivity contribution in [1.82, 2.24) is 9.80 Å². The number of nitrogens with zero attached hydrogens (tertiary/aromatic N) is 2. The van der Waals surface area contributed by atoms with Crippen LogP contribution < -0.4 is 0 Å². The van der Waals surface area contributed by atoms with Crippen molar-refractivity contribution in [2.24, 2.45) is 0 Å². The molecule has 1 fully saturated rings. The molecule has 0 saturated carbocycles. The summed E-state index contributed by atoms with van der Waals surface area (Å²) >= 11 is 0. The zero-order valence-corrected chi connectivity index (χ0v) is 14.1. The van der Waals surface area contributed by atoms with Crippen LogP contribution in [0.25, 0.3) is 0 Å². The summed E-state index contributed by atoms with van der Waals surface area (Å²) in [7, 11) is 1.78. The third kappa shape index (κ3) is 5.10. The van der Waals surface area contributed by atoms with Crippen molar-refractivity contribution in [3.8, 4) is 0 Å². The normalized spacial score (nSPS) is 18.1. The lowest BCUT2D eigenvalue weighted by atomic mass is 9.86. The minimum Gasteiger partial charge on any atom is -0.383 e. The van der Waals surface area contributed by atoms with E-state index < -0.39 is 0 Å². The van der Waals surface area contributed by atoms with Crippen LogP contribution in [0.15, 0.2) is 24.3 Å². The Morgan fingerprint density at radius 1 is 1.05 bits per heavy atom. The Morgan fingerprint density at radius 2 is 1.71 bits per heavy atom. The zero-order chi connectivity index (χ0) is 15.3. The van der Waals surface area contributed by atoms with Crippen molar-refractivity contribution >= 4 is 0 Å². The Labute approximate surface area is 129 Å². The van der Waals surface area contributed by atoms with Crippen LogP contribution in [0.5, 0.6) is 0 Å². The summed E-state index contributed by atoms with van der Waals surface area (Å²) in [6.07, 6.45) is 0. The lowest BCUT2D eigenvalue weighted by molar-refractivity contribution is 0.0938. The van der Waals surface area contributed by atoms with Gasteiger partial charge in [0.05, 0.1) is 6.61 Å². The summed E-state index contributed by atoms with van der Waals surface area (Å²) in [5.41, 5.74) is 3.10. The van der Waals surface area contributed by atoms with Gasteiger partial charge in [-0.2, -0.15) is 0 Å². The topological polar surface area (TPSA) is 15.7 Å². The van der Waals surface area contributed by atoms with Gasteiger partial charge in [0.1, 0.15) is 0 Å². The number of benzene rings is 1. The van der Waals surface area contributed by atoms with Crippen molar-refractivity contribution in [2.45, 2.75) is 32.7 Å². The van der Waals surface area contributed by atoms with E-state index in [1.54, 1.807) is 7.11 Å². The third-order valence-corrected chi connectivity index (χ3v) is 4.28. The number of piperazine rings is 1. The van der Waals surface area contributed by atoms with Gasteiger partial charge in [0.2, 0.25) is 0 Å². The molecule has 0 aliphatic carbocycles. The van der Waals surface area contributed by atoms with Crippen LogP contribution >= 0.6 is 0 Å². The highest BCUT2D eigenvalue weighted by atomic mass is 16.5. The Bertz CT molecular complexity index is 431. The first-order valence-electron chi connectivity index (χ1n) is 8.02. The quantitative estimate of drug-likeness (QED) is 0.829. The van der Waals surface area contributed by atoms with E-state index in [2.05, 4.69) is 54.8 Å². The first-order chi connectivity index (χ1) is 9.99. The van der Waals surface area contributed by atoms with Gasteiger partial charge in [-0.25, -0.2) is 0 Å². The number of methoxy groups -OCH3 is 1. The molecule has 1 aliphatic heterocycles. The molecular weight excluding hydrogens is 260 g/mol. The largest absolute Gasteiger partial charge is 0.383 e. The molecule has 1 aliphatic rings. The smallest absolute Gasteiger partial charge is 0.0589 e. The molecule has 2 rings (SSSR count). The first kappa shape index (κ1) is 16.5. The van der Waals surface area contributed by atoms with E-state index in [1.807, 2.05) is 0 Å². The molecule has 0 amide bonds. The molecule has 3 heteroatoms. The average molecular weight is 290 g/mol. The first-order valence-corrected chi connectivity index (χ1v) is 8.02. The highest BCUT2D eigenvalue weighted by Crippen LogP contribution is 2.23. The lowest BCUT2D eigenvalue weighted by Gasteiger charge is -2.34. The van der Waals surface area contributed by atoms with Gasteiger partial charge >= 0.3 is 0 Å². The van der Waals surface area contributed by atoms with Crippen molar-refractivity contribution in [1.29, 1.82) is 0 Å². The molecule has 1 heterocycles. The van der Waals surface area contributed by atoms with Crippen molar-refractivity contribution in [2.75, 3.05) is 46.4 Å². The van der Waals surface area contributed by atoms with E-state index in [0.29, 0.717) is 0 Å². The molecule has 1 aromatic rings. The Kier molecular flexibility index (Phi) is 5.80. The van der Waals surface area contributed by atoms with E-state index in [0.717, 1.165) is 45.9 Å². The van der Waals surface area contributed by atoms with Crippen LogP contribution in [0.3, 0.4) is 0 Å². The molecule has 118 valence electrons. The van der Waals surface area contributed by atoms with Crippen LogP contribution in [-0.2, 0) is 16.7 Å². The molecule has 3 nitrogen and oxygen atoms in total. The molecule has 1 saturated heterocycles. The fraction of sp³-hybridized carbons (Fsp3) is 0.667. The minimum absolute atomic E-state index is 0.231. The molecule has 1 aromatic carbocycles. The second kappa shape index (κ2) is 7.39. The lowest BCUT2D eigenvalue weighted by Crippen LogP contribution is -2.46. The number of hydrogen-bond acceptors (Lipinski definition) is 3. The summed E-state index contributed by atoms with van der Waals surface area (Å²) in [4.78, 5) is 5.05. The SMILES string of the molecule is COCCN1CCN(Cc2cccc(C(C)(C)C)c2)CC1. The molecule has 0 radical (unpaired) electrons. The van der Waals surface area contributed by atoms with Gasteiger partial charge in [-0.3, -0.25) is 9.80 Å². The standard InChI is InChI=1S/C18H30N2O/c1-18(2,3)17-7-5-6-16(14-17)15-20-10-8-19(9-11-20)12-13-21-4/h5-7,14H,8-13,15H2,1-4H3. The minimum atomic E-state index is 0.231. The maximum Gasteiger partial charge on any atom is 0.0589 e. The monoisotopic (exact) mass is 290 g/mol. The van der Waals surface area contributed by atoms with E-state index in [4.69, 9.17) is 4.74 Å². The Morgan fingerprint density at radius 3 is 2.33 bits per heavy atom. The summed E-state index contributed by atoms with van der Waals surface area (Å²) in [5.74, 6) is 0. The molecule has 0 N–H and O–H groups in total. The summed E-state index contributed by atoms with van der Waals surface area (Å²) in [6, 6.07) is 9.07. The fourth-order valence-electron chi connectivity index (χ4n) is 2.79. The van der Waals surface area contributed by atoms with Gasteiger partial charge in [0.25, 0.3) is 0 Å². The van der Waals surface area contributed by atoms with Gasteiger partial charge in [-0.15, -0.1) is 0 Å². The number of hydrogen-bond donors (Lipinski definition) is 0. The van der Waals surface area contributed by atoms with Crippen molar-refractivity contribution in [3.63, 3.8) is 0 Å². The Hall–Kier alpha value is -0.900.